The molecule has 0 bridgehead atoms. The molecule has 2 amide bonds. The van der Waals surface area contributed by atoms with E-state index in [4.69, 9.17) is 4.74 Å². The molecule has 0 spiro atoms. The van der Waals surface area contributed by atoms with Crippen LogP contribution in [-0.2, 0) is 16.1 Å². The molecule has 0 saturated carbocycles. The third-order valence-corrected chi connectivity index (χ3v) is 6.37. The third-order valence-electron chi connectivity index (χ3n) is 6.37. The average Bonchev–Trinajstić information content (AvgIpc) is 3.35. The van der Waals surface area contributed by atoms with E-state index in [0.29, 0.717) is 35.4 Å². The first-order valence-electron chi connectivity index (χ1n) is 12.1. The summed E-state index contributed by atoms with van der Waals surface area (Å²) in [6, 6.07) is 13.7. The Labute approximate surface area is 204 Å². The largest absolute Gasteiger partial charge is 0.376 e. The van der Waals surface area contributed by atoms with E-state index in [2.05, 4.69) is 15.3 Å². The van der Waals surface area contributed by atoms with Crippen LogP contribution in [0.4, 0.5) is 0 Å². The minimum Gasteiger partial charge on any atom is -0.376 e. The van der Waals surface area contributed by atoms with Crippen molar-refractivity contribution in [1.29, 1.82) is 0 Å². The lowest BCUT2D eigenvalue weighted by molar-refractivity contribution is -0.136. The second kappa shape index (κ2) is 10.8. The van der Waals surface area contributed by atoms with Crippen molar-refractivity contribution in [3.05, 3.63) is 75.8 Å². The van der Waals surface area contributed by atoms with E-state index >= 15 is 0 Å². The van der Waals surface area contributed by atoms with E-state index in [9.17, 15) is 14.4 Å². The Hall–Kier alpha value is -3.52. The molecule has 2 N–H and O–H groups in total. The molecule has 4 rings (SSSR count). The standard InChI is InChI=1S/C27H32N4O4/c1-17(2)24(30-25(32)20-11-5-4-9-18(20)3)27(34)31(15-19-10-8-14-35-19)16-23-28-22-13-7-6-12-21(22)26(33)29-23/h4-7,9,11-13,17,19,24H,8,10,14-16H2,1-3H3,(H,30,32)(H,28,29,33)/t19-,24+/m0/s1. The number of aromatic nitrogens is 2. The molecule has 3 aromatic rings. The lowest BCUT2D eigenvalue weighted by Crippen LogP contribution is -2.52. The maximum atomic E-state index is 13.8. The van der Waals surface area contributed by atoms with Crippen LogP contribution in [0.1, 0.15) is 48.4 Å². The molecule has 2 atom stereocenters. The zero-order chi connectivity index (χ0) is 24.9. The van der Waals surface area contributed by atoms with E-state index < -0.39 is 6.04 Å². The maximum absolute atomic E-state index is 13.8. The Morgan fingerprint density at radius 3 is 2.63 bits per heavy atom. The first-order chi connectivity index (χ1) is 16.8. The van der Waals surface area contributed by atoms with Gasteiger partial charge in [-0.1, -0.05) is 44.2 Å². The predicted octanol–water partition coefficient (Wildman–Crippen LogP) is 3.19. The highest BCUT2D eigenvalue weighted by Gasteiger charge is 2.32. The second-order valence-electron chi connectivity index (χ2n) is 9.39. The Morgan fingerprint density at radius 1 is 1.17 bits per heavy atom. The van der Waals surface area contributed by atoms with Crippen LogP contribution in [-0.4, -0.2) is 52.0 Å². The van der Waals surface area contributed by atoms with Crippen molar-refractivity contribution >= 4 is 22.7 Å². The van der Waals surface area contributed by atoms with Crippen LogP contribution in [0.2, 0.25) is 0 Å². The van der Waals surface area contributed by atoms with Gasteiger partial charge >= 0.3 is 0 Å². The number of benzene rings is 2. The number of ether oxygens (including phenoxy) is 1. The van der Waals surface area contributed by atoms with Crippen molar-refractivity contribution in [3.8, 4) is 0 Å². The molecule has 1 saturated heterocycles. The van der Waals surface area contributed by atoms with Crippen molar-refractivity contribution < 1.29 is 14.3 Å². The number of para-hydroxylation sites is 1. The SMILES string of the molecule is Cc1ccccc1C(=O)N[C@@H](C(=O)N(Cc1nc2ccccc2c(=O)[nH]1)C[C@@H]1CCCO1)C(C)C. The number of rotatable bonds is 8. The van der Waals surface area contributed by atoms with Gasteiger partial charge in [0, 0.05) is 18.7 Å². The quantitative estimate of drug-likeness (QED) is 0.520. The van der Waals surface area contributed by atoms with Crippen molar-refractivity contribution in [2.24, 2.45) is 5.92 Å². The lowest BCUT2D eigenvalue weighted by Gasteiger charge is -2.31. The fourth-order valence-corrected chi connectivity index (χ4v) is 4.41. The van der Waals surface area contributed by atoms with Crippen LogP contribution in [0.25, 0.3) is 10.9 Å². The molecule has 1 fully saturated rings. The predicted molar refractivity (Wildman–Crippen MR) is 134 cm³/mol. The molecule has 8 heteroatoms. The first kappa shape index (κ1) is 24.6. The number of carbonyl (C=O) groups is 2. The monoisotopic (exact) mass is 476 g/mol. The fraction of sp³-hybridized carbons (Fsp3) is 0.407. The van der Waals surface area contributed by atoms with E-state index in [1.807, 2.05) is 39.0 Å². The van der Waals surface area contributed by atoms with E-state index in [0.717, 1.165) is 18.4 Å². The highest BCUT2D eigenvalue weighted by Crippen LogP contribution is 2.18. The zero-order valence-electron chi connectivity index (χ0n) is 20.4. The van der Waals surface area contributed by atoms with Gasteiger partial charge in [0.25, 0.3) is 11.5 Å². The van der Waals surface area contributed by atoms with Gasteiger partial charge < -0.3 is 19.9 Å². The Morgan fingerprint density at radius 2 is 1.91 bits per heavy atom. The fourth-order valence-electron chi connectivity index (χ4n) is 4.41. The molecule has 184 valence electrons. The smallest absolute Gasteiger partial charge is 0.258 e. The number of carbonyl (C=O) groups excluding carboxylic acids is 2. The van der Waals surface area contributed by atoms with Gasteiger partial charge in [-0.2, -0.15) is 0 Å². The van der Waals surface area contributed by atoms with Crippen molar-refractivity contribution in [1.82, 2.24) is 20.2 Å². The number of fused-ring (bicyclic) bond motifs is 1. The van der Waals surface area contributed by atoms with Crippen molar-refractivity contribution in [2.75, 3.05) is 13.2 Å². The summed E-state index contributed by atoms with van der Waals surface area (Å²) in [7, 11) is 0. The van der Waals surface area contributed by atoms with Crippen LogP contribution in [0.15, 0.2) is 53.3 Å². The summed E-state index contributed by atoms with van der Waals surface area (Å²) in [5.41, 5.74) is 1.71. The molecule has 2 aromatic carbocycles. The molecule has 1 aliphatic rings. The molecule has 35 heavy (non-hydrogen) atoms. The summed E-state index contributed by atoms with van der Waals surface area (Å²) < 4.78 is 5.80. The summed E-state index contributed by atoms with van der Waals surface area (Å²) >= 11 is 0. The molecular formula is C27H32N4O4. The molecule has 0 aliphatic carbocycles. The van der Waals surface area contributed by atoms with Crippen LogP contribution in [0, 0.1) is 12.8 Å². The first-order valence-corrected chi connectivity index (χ1v) is 12.1. The summed E-state index contributed by atoms with van der Waals surface area (Å²) in [4.78, 5) is 48.5. The normalized spacial score (nSPS) is 16.4. The molecule has 0 unspecified atom stereocenters. The molecule has 2 heterocycles. The minimum absolute atomic E-state index is 0.0917. The molecule has 0 radical (unpaired) electrons. The average molecular weight is 477 g/mol. The number of aromatic amines is 1. The number of H-pyrrole nitrogens is 1. The lowest BCUT2D eigenvalue weighted by atomic mass is 10.0. The topological polar surface area (TPSA) is 104 Å². The Bertz CT molecular complexity index is 1260. The van der Waals surface area contributed by atoms with Gasteiger partial charge in [0.1, 0.15) is 11.9 Å². The summed E-state index contributed by atoms with van der Waals surface area (Å²) in [6.07, 6.45) is 1.70. The highest BCUT2D eigenvalue weighted by atomic mass is 16.5. The van der Waals surface area contributed by atoms with Crippen LogP contribution >= 0.6 is 0 Å². The van der Waals surface area contributed by atoms with Crippen molar-refractivity contribution in [2.45, 2.75) is 52.3 Å². The molecule has 1 aliphatic heterocycles. The summed E-state index contributed by atoms with van der Waals surface area (Å²) in [5, 5.41) is 3.44. The number of amides is 2. The van der Waals surface area contributed by atoms with Gasteiger partial charge in [-0.25, -0.2) is 4.98 Å². The van der Waals surface area contributed by atoms with Crippen LogP contribution in [0.3, 0.4) is 0 Å². The van der Waals surface area contributed by atoms with Crippen LogP contribution in [0.5, 0.6) is 0 Å². The Kier molecular flexibility index (Phi) is 7.60. The number of hydrogen-bond acceptors (Lipinski definition) is 5. The van der Waals surface area contributed by atoms with Gasteiger partial charge in [0.05, 0.1) is 23.6 Å². The Balaban J connectivity index is 1.61. The van der Waals surface area contributed by atoms with Gasteiger partial charge in [-0.15, -0.1) is 0 Å². The van der Waals surface area contributed by atoms with E-state index in [1.54, 1.807) is 35.2 Å². The number of nitrogens with one attached hydrogen (secondary N) is 2. The summed E-state index contributed by atoms with van der Waals surface area (Å²) in [6.45, 7) is 6.81. The minimum atomic E-state index is -0.740. The number of hydrogen-bond donors (Lipinski definition) is 2. The molecule has 1 aromatic heterocycles. The van der Waals surface area contributed by atoms with Gasteiger partial charge in [-0.05, 0) is 49.4 Å². The molecule has 8 nitrogen and oxygen atoms in total. The maximum Gasteiger partial charge on any atom is 0.258 e. The number of nitrogens with zero attached hydrogens (tertiary/aromatic N) is 2. The summed E-state index contributed by atoms with van der Waals surface area (Å²) in [5.74, 6) is -0.267. The van der Waals surface area contributed by atoms with Gasteiger partial charge in [0.15, 0.2) is 0 Å². The molecular weight excluding hydrogens is 444 g/mol. The van der Waals surface area contributed by atoms with E-state index in [-0.39, 0.29) is 35.9 Å². The second-order valence-corrected chi connectivity index (χ2v) is 9.39. The van der Waals surface area contributed by atoms with E-state index in [1.165, 1.54) is 0 Å². The van der Waals surface area contributed by atoms with Crippen molar-refractivity contribution in [3.63, 3.8) is 0 Å². The highest BCUT2D eigenvalue weighted by molar-refractivity contribution is 5.98. The van der Waals surface area contributed by atoms with Crippen LogP contribution < -0.4 is 10.9 Å². The third kappa shape index (κ3) is 5.77. The zero-order valence-corrected chi connectivity index (χ0v) is 20.4. The van der Waals surface area contributed by atoms with Gasteiger partial charge in [0.2, 0.25) is 5.91 Å². The van der Waals surface area contributed by atoms with Gasteiger partial charge in [-0.3, -0.25) is 14.4 Å². The number of aryl methyl sites for hydroxylation is 1.